The molecule has 0 fully saturated rings. The smallest absolute Gasteiger partial charge is 0.230 e. The molecule has 0 saturated heterocycles. The van der Waals surface area contributed by atoms with Crippen molar-refractivity contribution in [3.05, 3.63) is 40.0 Å². The van der Waals surface area contributed by atoms with Crippen LogP contribution in [0.1, 0.15) is 38.8 Å². The Kier molecular flexibility index (Phi) is 6.11. The Morgan fingerprint density at radius 3 is 2.67 bits per heavy atom. The molecule has 146 valence electrons. The SMILES string of the molecule is CC.CCN(CC)C(=O)C1C=C2c3cccc4[nH]c(Br)c(c34)CC2N(C)C1. The van der Waals surface area contributed by atoms with Crippen LogP contribution in [0.15, 0.2) is 28.9 Å². The fourth-order valence-corrected chi connectivity index (χ4v) is 4.99. The lowest BCUT2D eigenvalue weighted by Crippen LogP contribution is -2.47. The van der Waals surface area contributed by atoms with E-state index in [9.17, 15) is 4.79 Å². The third-order valence-electron chi connectivity index (χ3n) is 5.73. The third-order valence-corrected chi connectivity index (χ3v) is 6.41. The summed E-state index contributed by atoms with van der Waals surface area (Å²) in [6.45, 7) is 10.4. The summed E-state index contributed by atoms with van der Waals surface area (Å²) in [5.41, 5.74) is 5.10. The van der Waals surface area contributed by atoms with Gasteiger partial charge in [0.1, 0.15) is 0 Å². The second-order valence-electron chi connectivity index (χ2n) is 7.04. The first kappa shape index (κ1) is 20.2. The fraction of sp³-hybridized carbons (Fsp3) is 0.500. The Labute approximate surface area is 170 Å². The van der Waals surface area contributed by atoms with E-state index in [2.05, 4.69) is 71.0 Å². The maximum atomic E-state index is 12.9. The van der Waals surface area contributed by atoms with Crippen LogP contribution in [0.5, 0.6) is 0 Å². The van der Waals surface area contributed by atoms with E-state index in [1.54, 1.807) is 0 Å². The van der Waals surface area contributed by atoms with Gasteiger partial charge in [-0.05, 0) is 66.0 Å². The van der Waals surface area contributed by atoms with Crippen LogP contribution in [0.2, 0.25) is 0 Å². The second-order valence-corrected chi connectivity index (χ2v) is 7.84. The maximum Gasteiger partial charge on any atom is 0.230 e. The Balaban J connectivity index is 0.00000102. The average Bonchev–Trinajstić information content (AvgIpc) is 3.01. The van der Waals surface area contributed by atoms with Gasteiger partial charge in [-0.2, -0.15) is 0 Å². The molecule has 1 aromatic carbocycles. The van der Waals surface area contributed by atoms with Gasteiger partial charge in [-0.25, -0.2) is 0 Å². The van der Waals surface area contributed by atoms with Crippen molar-refractivity contribution in [1.29, 1.82) is 0 Å². The minimum atomic E-state index is -0.0599. The van der Waals surface area contributed by atoms with Crippen molar-refractivity contribution >= 4 is 38.3 Å². The zero-order chi connectivity index (χ0) is 19.7. The summed E-state index contributed by atoms with van der Waals surface area (Å²) in [5, 5.41) is 1.31. The number of halogens is 1. The Morgan fingerprint density at radius 2 is 2.00 bits per heavy atom. The highest BCUT2D eigenvalue weighted by atomic mass is 79.9. The van der Waals surface area contributed by atoms with E-state index < -0.39 is 0 Å². The predicted molar refractivity (Wildman–Crippen MR) is 117 cm³/mol. The highest BCUT2D eigenvalue weighted by Gasteiger charge is 2.37. The molecule has 1 aromatic heterocycles. The normalized spacial score (nSPS) is 21.2. The lowest BCUT2D eigenvalue weighted by molar-refractivity contribution is -0.134. The van der Waals surface area contributed by atoms with Gasteiger partial charge in [0.05, 0.1) is 10.5 Å². The number of benzene rings is 1. The lowest BCUT2D eigenvalue weighted by Gasteiger charge is -2.40. The topological polar surface area (TPSA) is 39.3 Å². The Bertz CT molecular complexity index is 866. The number of likely N-dealkylation sites (N-methyl/N-ethyl adjacent to an activating group) is 1. The van der Waals surface area contributed by atoms with Crippen molar-refractivity contribution in [2.24, 2.45) is 5.92 Å². The summed E-state index contributed by atoms with van der Waals surface area (Å²) in [6.07, 6.45) is 3.22. The summed E-state index contributed by atoms with van der Waals surface area (Å²) in [4.78, 5) is 20.7. The van der Waals surface area contributed by atoms with Crippen LogP contribution in [0.3, 0.4) is 0 Å². The van der Waals surface area contributed by atoms with E-state index in [-0.39, 0.29) is 11.8 Å². The number of carbonyl (C=O) groups excluding carboxylic acids is 1. The summed E-state index contributed by atoms with van der Waals surface area (Å²) in [6, 6.07) is 6.76. The molecule has 1 N–H and O–H groups in total. The molecule has 1 aliphatic carbocycles. The van der Waals surface area contributed by atoms with Crippen molar-refractivity contribution in [1.82, 2.24) is 14.8 Å². The quantitative estimate of drug-likeness (QED) is 0.764. The molecule has 1 amide bonds. The van der Waals surface area contributed by atoms with Crippen molar-refractivity contribution in [3.63, 3.8) is 0 Å². The number of nitrogens with one attached hydrogen (secondary N) is 1. The van der Waals surface area contributed by atoms with E-state index >= 15 is 0 Å². The molecule has 1 aliphatic heterocycles. The van der Waals surface area contributed by atoms with Gasteiger partial charge in [-0.1, -0.05) is 32.1 Å². The molecule has 0 saturated carbocycles. The molecular formula is C22H30BrN3O. The number of aromatic nitrogens is 1. The number of hydrogen-bond donors (Lipinski definition) is 1. The summed E-state index contributed by atoms with van der Waals surface area (Å²) < 4.78 is 1.09. The highest BCUT2D eigenvalue weighted by molar-refractivity contribution is 9.10. The van der Waals surface area contributed by atoms with Crippen molar-refractivity contribution in [3.8, 4) is 0 Å². The number of rotatable bonds is 3. The lowest BCUT2D eigenvalue weighted by atomic mass is 9.79. The van der Waals surface area contributed by atoms with E-state index in [0.29, 0.717) is 6.04 Å². The number of aromatic amines is 1. The molecule has 2 atom stereocenters. The number of amides is 1. The molecule has 2 aromatic rings. The predicted octanol–water partition coefficient (Wildman–Crippen LogP) is 4.69. The Morgan fingerprint density at radius 1 is 1.30 bits per heavy atom. The van der Waals surface area contributed by atoms with Gasteiger partial charge >= 0.3 is 0 Å². The fourth-order valence-electron chi connectivity index (χ4n) is 4.42. The molecule has 4 rings (SSSR count). The van der Waals surface area contributed by atoms with Crippen molar-refractivity contribution in [2.75, 3.05) is 26.7 Å². The zero-order valence-electron chi connectivity index (χ0n) is 17.0. The third kappa shape index (κ3) is 3.36. The molecule has 4 nitrogen and oxygen atoms in total. The minimum absolute atomic E-state index is 0.0599. The van der Waals surface area contributed by atoms with E-state index in [0.717, 1.165) is 30.7 Å². The monoisotopic (exact) mass is 431 g/mol. The molecule has 0 bridgehead atoms. The van der Waals surface area contributed by atoms with Gasteiger partial charge in [0.25, 0.3) is 0 Å². The number of fused-ring (bicyclic) bond motifs is 2. The first-order chi connectivity index (χ1) is 13.0. The molecule has 0 spiro atoms. The van der Waals surface area contributed by atoms with Crippen LogP contribution in [0.4, 0.5) is 0 Å². The summed E-state index contributed by atoms with van der Waals surface area (Å²) in [5.74, 6) is 0.186. The van der Waals surface area contributed by atoms with Crippen LogP contribution >= 0.6 is 15.9 Å². The average molecular weight is 432 g/mol. The van der Waals surface area contributed by atoms with Crippen LogP contribution in [-0.2, 0) is 11.2 Å². The first-order valence-electron chi connectivity index (χ1n) is 10.0. The van der Waals surface area contributed by atoms with Gasteiger partial charge in [-0.15, -0.1) is 0 Å². The van der Waals surface area contributed by atoms with Crippen LogP contribution in [0.25, 0.3) is 16.5 Å². The summed E-state index contributed by atoms with van der Waals surface area (Å²) >= 11 is 3.69. The largest absolute Gasteiger partial charge is 0.349 e. The van der Waals surface area contributed by atoms with Gasteiger partial charge in [0.15, 0.2) is 0 Å². The number of carbonyl (C=O) groups is 1. The van der Waals surface area contributed by atoms with Gasteiger partial charge in [0.2, 0.25) is 5.91 Å². The molecule has 2 aliphatic rings. The minimum Gasteiger partial charge on any atom is -0.349 e. The highest BCUT2D eigenvalue weighted by Crippen LogP contribution is 2.43. The number of nitrogens with zero attached hydrogens (tertiary/aromatic N) is 2. The number of H-pyrrole nitrogens is 1. The summed E-state index contributed by atoms with van der Waals surface area (Å²) in [7, 11) is 2.14. The maximum absolute atomic E-state index is 12.9. The molecule has 2 heterocycles. The molecular weight excluding hydrogens is 402 g/mol. The molecule has 27 heavy (non-hydrogen) atoms. The zero-order valence-corrected chi connectivity index (χ0v) is 18.6. The van der Waals surface area contributed by atoms with Crippen LogP contribution in [0, 0.1) is 5.92 Å². The Hall–Kier alpha value is -1.59. The van der Waals surface area contributed by atoms with Gasteiger partial charge in [0, 0.05) is 36.6 Å². The van der Waals surface area contributed by atoms with Gasteiger partial charge < -0.3 is 9.88 Å². The molecule has 2 unspecified atom stereocenters. The van der Waals surface area contributed by atoms with E-state index in [1.807, 2.05) is 18.7 Å². The van der Waals surface area contributed by atoms with Crippen molar-refractivity contribution in [2.45, 2.75) is 40.2 Å². The first-order valence-corrected chi connectivity index (χ1v) is 10.8. The standard InChI is InChI=1S/C20H24BrN3O.C2H6/c1-4-24(5-2)20(25)12-9-14-13-7-6-8-16-18(13)15(19(21)22-16)10-17(14)23(3)11-12;1-2/h6-9,12,17,22H,4-5,10-11H2,1-3H3;1-2H3. The second kappa shape index (κ2) is 8.19. The van der Waals surface area contributed by atoms with E-state index in [4.69, 9.17) is 0 Å². The molecule has 5 heteroatoms. The van der Waals surface area contributed by atoms with Crippen LogP contribution in [-0.4, -0.2) is 53.4 Å². The van der Waals surface area contributed by atoms with Crippen LogP contribution < -0.4 is 0 Å². The van der Waals surface area contributed by atoms with Crippen molar-refractivity contribution < 1.29 is 4.79 Å². The van der Waals surface area contributed by atoms with Gasteiger partial charge in [-0.3, -0.25) is 9.69 Å². The molecule has 0 radical (unpaired) electrons. The number of hydrogen-bond acceptors (Lipinski definition) is 2. The van der Waals surface area contributed by atoms with E-state index in [1.165, 1.54) is 27.6 Å².